The summed E-state index contributed by atoms with van der Waals surface area (Å²) in [5, 5.41) is 3.50. The highest BCUT2D eigenvalue weighted by Gasteiger charge is 2.37. The van der Waals surface area contributed by atoms with Crippen LogP contribution in [0.1, 0.15) is 6.42 Å². The van der Waals surface area contributed by atoms with Gasteiger partial charge in [-0.15, -0.1) is 0 Å². The molecule has 3 nitrogen and oxygen atoms in total. The third-order valence-corrected chi connectivity index (χ3v) is 3.16. The molecule has 13 heavy (non-hydrogen) atoms. The van der Waals surface area contributed by atoms with Gasteiger partial charge in [0.15, 0.2) is 12.4 Å². The standard InChI is InChI=1S/C10H18N3/c1-3-12(2)4-5-13-8-9-6-10(13)7-11-9/h9-11H,1,4-8H2,2H3/q+1. The normalized spacial score (nSPS) is 32.1. The topological polar surface area (TPSA) is 18.3 Å². The molecular weight excluding hydrogens is 162 g/mol. The van der Waals surface area contributed by atoms with Crippen LogP contribution < -0.4 is 5.32 Å². The Hall–Kier alpha value is -0.630. The highest BCUT2D eigenvalue weighted by Crippen LogP contribution is 2.22. The van der Waals surface area contributed by atoms with Crippen molar-refractivity contribution in [3.63, 3.8) is 0 Å². The van der Waals surface area contributed by atoms with Crippen LogP contribution >= 0.6 is 0 Å². The first-order chi connectivity index (χ1) is 6.29. The van der Waals surface area contributed by atoms with Gasteiger partial charge in [-0.1, -0.05) is 0 Å². The Bertz CT molecular complexity index is 243. The van der Waals surface area contributed by atoms with Gasteiger partial charge in [-0.25, -0.2) is 0 Å². The first kappa shape index (κ1) is 8.95. The van der Waals surface area contributed by atoms with E-state index in [-0.39, 0.29) is 0 Å². The molecule has 0 radical (unpaired) electrons. The predicted octanol–water partition coefficient (Wildman–Crippen LogP) is -0.469. The number of rotatable bonds is 3. The molecule has 2 atom stereocenters. The lowest BCUT2D eigenvalue weighted by atomic mass is 10.2. The van der Waals surface area contributed by atoms with Gasteiger partial charge in [0.2, 0.25) is 0 Å². The van der Waals surface area contributed by atoms with Crippen molar-refractivity contribution in [3.8, 4) is 0 Å². The van der Waals surface area contributed by atoms with Crippen LogP contribution in [0.2, 0.25) is 0 Å². The number of nitrogens with one attached hydrogen (secondary N) is 1. The van der Waals surface area contributed by atoms with Gasteiger partial charge >= 0.3 is 0 Å². The van der Waals surface area contributed by atoms with E-state index in [0.29, 0.717) is 0 Å². The second kappa shape index (κ2) is 3.62. The molecule has 0 aromatic carbocycles. The molecule has 2 aliphatic rings. The van der Waals surface area contributed by atoms with Crippen molar-refractivity contribution in [2.75, 3.05) is 33.2 Å². The summed E-state index contributed by atoms with van der Waals surface area (Å²) in [7, 11) is 2.03. The summed E-state index contributed by atoms with van der Waals surface area (Å²) in [6, 6.07) is 1.56. The minimum Gasteiger partial charge on any atom is -0.311 e. The van der Waals surface area contributed by atoms with Crippen molar-refractivity contribution in [2.24, 2.45) is 0 Å². The van der Waals surface area contributed by atoms with E-state index in [4.69, 9.17) is 0 Å². The minimum absolute atomic E-state index is 0.767. The third-order valence-electron chi connectivity index (χ3n) is 3.16. The molecule has 72 valence electrons. The summed E-state index contributed by atoms with van der Waals surface area (Å²) in [5.74, 6) is 2.87. The van der Waals surface area contributed by atoms with Crippen molar-refractivity contribution in [3.05, 3.63) is 6.58 Å². The van der Waals surface area contributed by atoms with E-state index >= 15 is 0 Å². The lowest BCUT2D eigenvalue weighted by Gasteiger charge is -2.25. The van der Waals surface area contributed by atoms with Crippen molar-refractivity contribution in [1.82, 2.24) is 10.2 Å². The maximum atomic E-state index is 3.62. The zero-order valence-electron chi connectivity index (χ0n) is 8.29. The molecule has 2 unspecified atom stereocenters. The highest BCUT2D eigenvalue weighted by atomic mass is 15.3. The SMILES string of the molecule is C=C=[N+](C)CCN1CC2CC1CN2. The fraction of sp³-hybridized carbons (Fsp3) is 0.800. The van der Waals surface area contributed by atoms with Crippen LogP contribution in [0, 0.1) is 0 Å². The van der Waals surface area contributed by atoms with Crippen molar-refractivity contribution in [2.45, 2.75) is 18.5 Å². The lowest BCUT2D eigenvalue weighted by molar-refractivity contribution is -0.490. The molecule has 2 saturated heterocycles. The van der Waals surface area contributed by atoms with Crippen LogP contribution in [0.3, 0.4) is 0 Å². The van der Waals surface area contributed by atoms with Crippen LogP contribution in [0.4, 0.5) is 0 Å². The highest BCUT2D eigenvalue weighted by molar-refractivity contribution is 5.39. The number of hydrogen-bond acceptors (Lipinski definition) is 2. The second-order valence-corrected chi connectivity index (χ2v) is 4.07. The van der Waals surface area contributed by atoms with Gasteiger partial charge in [0.25, 0.3) is 0 Å². The summed E-state index contributed by atoms with van der Waals surface area (Å²) in [6.45, 7) is 8.25. The van der Waals surface area contributed by atoms with Gasteiger partial charge in [-0.05, 0) is 6.42 Å². The summed E-state index contributed by atoms with van der Waals surface area (Å²) < 4.78 is 2.03. The van der Waals surface area contributed by atoms with Gasteiger partial charge in [0, 0.05) is 31.8 Å². The molecule has 0 aliphatic carbocycles. The Kier molecular flexibility index (Phi) is 2.49. The number of fused-ring (bicyclic) bond motifs is 2. The summed E-state index contributed by atoms with van der Waals surface area (Å²) in [6.07, 6.45) is 1.35. The molecule has 2 fully saturated rings. The Balaban J connectivity index is 1.80. The van der Waals surface area contributed by atoms with Crippen molar-refractivity contribution >= 4 is 5.87 Å². The van der Waals surface area contributed by atoms with Crippen LogP contribution in [0.25, 0.3) is 0 Å². The maximum absolute atomic E-state index is 3.62. The van der Waals surface area contributed by atoms with E-state index in [1.54, 1.807) is 0 Å². The maximum Gasteiger partial charge on any atom is 0.164 e. The Morgan fingerprint density at radius 2 is 2.54 bits per heavy atom. The molecule has 2 heterocycles. The molecule has 2 aliphatic heterocycles. The smallest absolute Gasteiger partial charge is 0.164 e. The second-order valence-electron chi connectivity index (χ2n) is 4.07. The molecule has 2 bridgehead atoms. The van der Waals surface area contributed by atoms with Crippen LogP contribution in [-0.4, -0.2) is 60.7 Å². The Morgan fingerprint density at radius 1 is 1.69 bits per heavy atom. The van der Waals surface area contributed by atoms with Gasteiger partial charge in [-0.3, -0.25) is 4.90 Å². The molecule has 0 amide bonds. The van der Waals surface area contributed by atoms with Crippen molar-refractivity contribution in [1.29, 1.82) is 0 Å². The molecule has 3 heteroatoms. The molecule has 0 aromatic rings. The number of likely N-dealkylation sites (N-methyl/N-ethyl adjacent to an activating group) is 1. The van der Waals surface area contributed by atoms with Crippen LogP contribution in [0.15, 0.2) is 6.58 Å². The largest absolute Gasteiger partial charge is 0.311 e. The molecule has 1 N–H and O–H groups in total. The summed E-state index contributed by atoms with van der Waals surface area (Å²) in [4.78, 5) is 2.58. The first-order valence-electron chi connectivity index (χ1n) is 5.01. The van der Waals surface area contributed by atoms with Gasteiger partial charge in [0.1, 0.15) is 7.05 Å². The van der Waals surface area contributed by atoms with E-state index in [1.807, 2.05) is 11.6 Å². The Morgan fingerprint density at radius 3 is 3.08 bits per heavy atom. The fourth-order valence-corrected chi connectivity index (χ4v) is 2.28. The summed E-state index contributed by atoms with van der Waals surface area (Å²) in [5.41, 5.74) is 0. The molecular formula is C10H18N3+. The fourth-order valence-electron chi connectivity index (χ4n) is 2.28. The molecule has 2 rings (SSSR count). The van der Waals surface area contributed by atoms with Gasteiger partial charge in [-0.2, -0.15) is 4.58 Å². The first-order valence-corrected chi connectivity index (χ1v) is 5.01. The molecule has 0 spiro atoms. The lowest BCUT2D eigenvalue weighted by Crippen LogP contribution is -2.45. The van der Waals surface area contributed by atoms with Gasteiger partial charge in [0.05, 0.1) is 6.54 Å². The van der Waals surface area contributed by atoms with Crippen LogP contribution in [0.5, 0.6) is 0 Å². The number of hydrogen-bond donors (Lipinski definition) is 1. The molecule has 0 saturated carbocycles. The Labute approximate surface area is 79.7 Å². The quantitative estimate of drug-likeness (QED) is 0.467. The minimum atomic E-state index is 0.767. The zero-order chi connectivity index (χ0) is 9.26. The number of nitrogens with zero attached hydrogens (tertiary/aromatic N) is 2. The van der Waals surface area contributed by atoms with Crippen molar-refractivity contribution < 1.29 is 4.58 Å². The number of piperazine rings is 1. The monoisotopic (exact) mass is 180 g/mol. The van der Waals surface area contributed by atoms with E-state index in [1.165, 1.54) is 19.5 Å². The zero-order valence-corrected chi connectivity index (χ0v) is 8.29. The predicted molar refractivity (Wildman–Crippen MR) is 53.5 cm³/mol. The number of likely N-dealkylation sites (tertiary alicyclic amines) is 1. The average molecular weight is 180 g/mol. The van der Waals surface area contributed by atoms with E-state index in [0.717, 1.165) is 25.2 Å². The van der Waals surface area contributed by atoms with E-state index in [9.17, 15) is 0 Å². The van der Waals surface area contributed by atoms with E-state index in [2.05, 4.69) is 22.7 Å². The third kappa shape index (κ3) is 1.83. The average Bonchev–Trinajstić information content (AvgIpc) is 2.74. The summed E-state index contributed by atoms with van der Waals surface area (Å²) >= 11 is 0. The van der Waals surface area contributed by atoms with E-state index < -0.39 is 0 Å². The van der Waals surface area contributed by atoms with Gasteiger partial charge < -0.3 is 5.32 Å². The molecule has 0 aromatic heterocycles. The van der Waals surface area contributed by atoms with Crippen LogP contribution in [-0.2, 0) is 0 Å².